The summed E-state index contributed by atoms with van der Waals surface area (Å²) in [6.07, 6.45) is 0.719. The number of halogens is 1. The Morgan fingerprint density at radius 3 is 2.84 bits per heavy atom. The normalized spacial score (nSPS) is 20.4. The lowest BCUT2D eigenvalue weighted by atomic mass is 10.0. The average Bonchev–Trinajstić information content (AvgIpc) is 2.26. The van der Waals surface area contributed by atoms with Gasteiger partial charge in [0.1, 0.15) is 5.82 Å². The van der Waals surface area contributed by atoms with Crippen molar-refractivity contribution in [3.05, 3.63) is 29.6 Å². The van der Waals surface area contributed by atoms with Crippen LogP contribution in [0.1, 0.15) is 26.3 Å². The summed E-state index contributed by atoms with van der Waals surface area (Å²) in [5.41, 5.74) is 7.66. The number of hydrogen-bond donors (Lipinski definition) is 1. The summed E-state index contributed by atoms with van der Waals surface area (Å²) >= 11 is 1.96. The molecule has 19 heavy (non-hydrogen) atoms. The molecule has 2 nitrogen and oxygen atoms in total. The van der Waals surface area contributed by atoms with Crippen molar-refractivity contribution in [1.82, 2.24) is 0 Å². The van der Waals surface area contributed by atoms with Gasteiger partial charge < -0.3 is 10.6 Å². The monoisotopic (exact) mass is 282 g/mol. The molecule has 4 heteroatoms. The molecule has 1 aliphatic heterocycles. The van der Waals surface area contributed by atoms with Crippen LogP contribution in [0, 0.1) is 5.82 Å². The minimum atomic E-state index is -0.124. The number of rotatable bonds is 3. The van der Waals surface area contributed by atoms with Crippen molar-refractivity contribution in [3.8, 4) is 0 Å². The molecule has 1 saturated heterocycles. The van der Waals surface area contributed by atoms with Crippen LogP contribution in [-0.2, 0) is 6.42 Å². The maximum atomic E-state index is 14.2. The van der Waals surface area contributed by atoms with Crippen molar-refractivity contribution in [2.75, 3.05) is 23.7 Å². The predicted molar refractivity (Wildman–Crippen MR) is 82.5 cm³/mol. The fourth-order valence-corrected chi connectivity index (χ4v) is 3.74. The quantitative estimate of drug-likeness (QED) is 0.924. The second-order valence-corrected chi connectivity index (χ2v) is 7.76. The van der Waals surface area contributed by atoms with E-state index in [4.69, 9.17) is 5.73 Å². The van der Waals surface area contributed by atoms with Crippen LogP contribution in [0.15, 0.2) is 18.2 Å². The van der Waals surface area contributed by atoms with E-state index < -0.39 is 0 Å². The molecule has 0 amide bonds. The van der Waals surface area contributed by atoms with Gasteiger partial charge in [-0.2, -0.15) is 11.8 Å². The van der Waals surface area contributed by atoms with E-state index in [0.29, 0.717) is 0 Å². The van der Waals surface area contributed by atoms with Crippen LogP contribution in [-0.4, -0.2) is 29.6 Å². The average molecular weight is 282 g/mol. The molecule has 1 aromatic carbocycles. The van der Waals surface area contributed by atoms with E-state index in [9.17, 15) is 4.39 Å². The number of thioether (sulfide) groups is 1. The van der Waals surface area contributed by atoms with Crippen molar-refractivity contribution in [2.24, 2.45) is 5.73 Å². The summed E-state index contributed by atoms with van der Waals surface area (Å²) in [6, 6.07) is 5.37. The van der Waals surface area contributed by atoms with Gasteiger partial charge in [-0.25, -0.2) is 4.39 Å². The van der Waals surface area contributed by atoms with E-state index >= 15 is 0 Å². The highest BCUT2D eigenvalue weighted by Gasteiger charge is 2.29. The van der Waals surface area contributed by atoms with Gasteiger partial charge in [-0.3, -0.25) is 0 Å². The van der Waals surface area contributed by atoms with Crippen LogP contribution >= 0.6 is 11.8 Å². The largest absolute Gasteiger partial charge is 0.367 e. The Morgan fingerprint density at radius 2 is 2.21 bits per heavy atom. The Balaban J connectivity index is 2.32. The molecule has 0 spiro atoms. The second kappa shape index (κ2) is 5.71. The van der Waals surface area contributed by atoms with Gasteiger partial charge in [-0.05, 0) is 38.8 Å². The van der Waals surface area contributed by atoms with E-state index in [0.717, 1.165) is 36.5 Å². The van der Waals surface area contributed by atoms with Crippen LogP contribution in [0.5, 0.6) is 0 Å². The van der Waals surface area contributed by atoms with Crippen molar-refractivity contribution >= 4 is 17.4 Å². The van der Waals surface area contributed by atoms with Crippen LogP contribution in [0.2, 0.25) is 0 Å². The number of nitrogens with two attached hydrogens (primary N) is 1. The van der Waals surface area contributed by atoms with Gasteiger partial charge in [0.15, 0.2) is 0 Å². The highest BCUT2D eigenvalue weighted by atomic mass is 32.2. The van der Waals surface area contributed by atoms with Crippen molar-refractivity contribution in [2.45, 2.75) is 38.0 Å². The van der Waals surface area contributed by atoms with Crippen LogP contribution in [0.4, 0.5) is 10.1 Å². The lowest BCUT2D eigenvalue weighted by molar-refractivity contribution is 0.591. The molecule has 0 saturated carbocycles. The van der Waals surface area contributed by atoms with E-state index in [1.165, 1.54) is 0 Å². The van der Waals surface area contributed by atoms with Gasteiger partial charge in [0, 0.05) is 29.6 Å². The Bertz CT molecular complexity index is 446. The van der Waals surface area contributed by atoms with Crippen LogP contribution < -0.4 is 10.6 Å². The van der Waals surface area contributed by atoms with Gasteiger partial charge in [0.05, 0.1) is 5.69 Å². The molecule has 1 heterocycles. The third-order valence-electron chi connectivity index (χ3n) is 3.35. The van der Waals surface area contributed by atoms with E-state index in [-0.39, 0.29) is 16.6 Å². The number of hydrogen-bond acceptors (Lipinski definition) is 3. The molecule has 0 aliphatic carbocycles. The van der Waals surface area contributed by atoms with Crippen molar-refractivity contribution in [1.29, 1.82) is 0 Å². The van der Waals surface area contributed by atoms with E-state index in [1.807, 2.05) is 24.8 Å². The Kier molecular flexibility index (Phi) is 4.41. The summed E-state index contributed by atoms with van der Waals surface area (Å²) in [5.74, 6) is 0.916. The molecule has 1 aliphatic rings. The van der Waals surface area contributed by atoms with Gasteiger partial charge in [-0.1, -0.05) is 12.1 Å². The number of nitrogens with zero attached hydrogens (tertiary/aromatic N) is 1. The molecular formula is C15H23FN2S. The second-order valence-electron chi connectivity index (χ2n) is 5.96. The first kappa shape index (κ1) is 14.7. The summed E-state index contributed by atoms with van der Waals surface area (Å²) in [4.78, 5) is 2.18. The van der Waals surface area contributed by atoms with Gasteiger partial charge >= 0.3 is 0 Å². The fraction of sp³-hybridized carbons (Fsp3) is 0.600. The molecule has 1 fully saturated rings. The summed E-state index contributed by atoms with van der Waals surface area (Å²) < 4.78 is 14.4. The SMILES string of the molecule is CC(N)Cc1cccc(F)c1N1CCSC(C)(C)C1. The zero-order valence-corrected chi connectivity index (χ0v) is 12.8. The molecule has 1 aromatic rings. The Hall–Kier alpha value is -0.740. The third kappa shape index (κ3) is 3.63. The predicted octanol–water partition coefficient (Wildman–Crippen LogP) is 3.05. The molecular weight excluding hydrogens is 259 g/mol. The van der Waals surface area contributed by atoms with Gasteiger partial charge in [0.2, 0.25) is 0 Å². The summed E-state index contributed by atoms with van der Waals surface area (Å²) in [7, 11) is 0. The maximum absolute atomic E-state index is 14.2. The van der Waals surface area contributed by atoms with E-state index in [1.54, 1.807) is 12.1 Å². The highest BCUT2D eigenvalue weighted by Crippen LogP contribution is 2.35. The fourth-order valence-electron chi connectivity index (χ4n) is 2.63. The minimum absolute atomic E-state index is 0.0488. The molecule has 0 bridgehead atoms. The smallest absolute Gasteiger partial charge is 0.146 e. The minimum Gasteiger partial charge on any atom is -0.367 e. The summed E-state index contributed by atoms with van der Waals surface area (Å²) in [6.45, 7) is 8.18. The first-order valence-electron chi connectivity index (χ1n) is 6.81. The zero-order valence-electron chi connectivity index (χ0n) is 11.9. The Morgan fingerprint density at radius 1 is 1.47 bits per heavy atom. The molecule has 0 aromatic heterocycles. The summed E-state index contributed by atoms with van der Waals surface area (Å²) in [5, 5.41) is 0. The highest BCUT2D eigenvalue weighted by molar-refractivity contribution is 8.00. The molecule has 2 rings (SSSR count). The lowest BCUT2D eigenvalue weighted by Gasteiger charge is -2.40. The first-order chi connectivity index (χ1) is 8.89. The van der Waals surface area contributed by atoms with Crippen LogP contribution in [0.3, 0.4) is 0 Å². The van der Waals surface area contributed by atoms with Gasteiger partial charge in [-0.15, -0.1) is 0 Å². The third-order valence-corrected chi connectivity index (χ3v) is 4.65. The molecule has 1 atom stereocenters. The number of benzene rings is 1. The first-order valence-corrected chi connectivity index (χ1v) is 7.79. The van der Waals surface area contributed by atoms with Crippen LogP contribution in [0.25, 0.3) is 0 Å². The Labute approximate surface area is 119 Å². The standard InChI is InChI=1S/C15H23FN2S/c1-11(17)9-12-5-4-6-13(16)14(12)18-7-8-19-15(2,3)10-18/h4-6,11H,7-10,17H2,1-3H3. The molecule has 1 unspecified atom stereocenters. The van der Waals surface area contributed by atoms with Crippen molar-refractivity contribution in [3.63, 3.8) is 0 Å². The molecule has 106 valence electrons. The lowest BCUT2D eigenvalue weighted by Crippen LogP contribution is -2.44. The maximum Gasteiger partial charge on any atom is 0.146 e. The topological polar surface area (TPSA) is 29.3 Å². The van der Waals surface area contributed by atoms with E-state index in [2.05, 4.69) is 18.7 Å². The van der Waals surface area contributed by atoms with Gasteiger partial charge in [0.25, 0.3) is 0 Å². The number of anilines is 1. The number of para-hydroxylation sites is 1. The molecule has 0 radical (unpaired) electrons. The van der Waals surface area contributed by atoms with Crippen molar-refractivity contribution < 1.29 is 4.39 Å². The molecule has 2 N–H and O–H groups in total. The zero-order chi connectivity index (χ0) is 14.0.